The van der Waals surface area contributed by atoms with Crippen LogP contribution in [-0.2, 0) is 38.4 Å². The predicted molar refractivity (Wildman–Crippen MR) is 82.1 cm³/mol. The average molecular weight is 368 g/mol. The first-order chi connectivity index (χ1) is 12.4. The fourth-order valence-electron chi connectivity index (χ4n) is 2.50. The molecule has 0 radical (unpaired) electrons. The van der Waals surface area contributed by atoms with E-state index in [9.17, 15) is 28.8 Å². The van der Waals surface area contributed by atoms with E-state index in [1.54, 1.807) is 0 Å². The largest absolute Gasteiger partial charge is 0.333 e. The van der Waals surface area contributed by atoms with E-state index in [4.69, 9.17) is 9.68 Å². The molecule has 26 heavy (non-hydrogen) atoms. The van der Waals surface area contributed by atoms with Crippen molar-refractivity contribution in [1.82, 2.24) is 10.1 Å². The van der Waals surface area contributed by atoms with Crippen LogP contribution in [0.25, 0.3) is 0 Å². The van der Waals surface area contributed by atoms with Crippen LogP contribution in [0.15, 0.2) is 0 Å². The van der Waals surface area contributed by atoms with Crippen LogP contribution in [0.4, 0.5) is 0 Å². The summed E-state index contributed by atoms with van der Waals surface area (Å²) in [6, 6.07) is 0. The van der Waals surface area contributed by atoms with E-state index in [-0.39, 0.29) is 38.5 Å². The number of nitrogens with zero attached hydrogens (tertiary/aromatic N) is 2. The summed E-state index contributed by atoms with van der Waals surface area (Å²) in [6.07, 6.45) is 2.54. The first-order valence-corrected chi connectivity index (χ1v) is 8.51. The number of carbonyl (C=O) groups is 6. The smallest absolute Gasteiger partial charge is 0.330 e. The SMILES string of the molecule is O=C(CCCCCCC(=O)ON1C(=O)CCC1=O)ON1C(=O)CCC1=O. The number of rotatable bonds is 9. The standard InChI is InChI=1S/C16H20N2O8/c19-11-7-8-12(20)17(11)25-15(23)5-3-1-2-4-6-16(24)26-18-13(21)9-10-14(18)22/h1-10H2. The third-order valence-electron chi connectivity index (χ3n) is 3.91. The highest BCUT2D eigenvalue weighted by Crippen LogP contribution is 2.15. The zero-order chi connectivity index (χ0) is 19.1. The number of hydroxylamine groups is 4. The second kappa shape index (κ2) is 9.07. The minimum absolute atomic E-state index is 0.0524. The quantitative estimate of drug-likeness (QED) is 0.426. The molecule has 2 rings (SSSR count). The average Bonchev–Trinajstić information content (AvgIpc) is 3.08. The summed E-state index contributed by atoms with van der Waals surface area (Å²) in [4.78, 5) is 77.8. The van der Waals surface area contributed by atoms with Crippen molar-refractivity contribution in [2.45, 2.75) is 64.2 Å². The molecule has 0 aliphatic carbocycles. The Kier molecular flexibility index (Phi) is 6.81. The van der Waals surface area contributed by atoms with Gasteiger partial charge in [-0.25, -0.2) is 9.59 Å². The molecule has 2 aliphatic heterocycles. The predicted octanol–water partition coefficient (Wildman–Crippen LogP) is 0.541. The maximum Gasteiger partial charge on any atom is 0.333 e. The van der Waals surface area contributed by atoms with Crippen LogP contribution >= 0.6 is 0 Å². The Hall–Kier alpha value is -2.78. The van der Waals surface area contributed by atoms with Gasteiger partial charge in [-0.2, -0.15) is 0 Å². The summed E-state index contributed by atoms with van der Waals surface area (Å²) < 4.78 is 0. The van der Waals surface area contributed by atoms with Gasteiger partial charge >= 0.3 is 11.9 Å². The molecule has 0 aromatic rings. The molecule has 2 saturated heterocycles. The molecule has 0 N–H and O–H groups in total. The van der Waals surface area contributed by atoms with Crippen LogP contribution in [0.5, 0.6) is 0 Å². The minimum atomic E-state index is -0.654. The van der Waals surface area contributed by atoms with Crippen LogP contribution in [0.1, 0.15) is 64.2 Å². The molecule has 2 aliphatic rings. The Morgan fingerprint density at radius 3 is 1.23 bits per heavy atom. The van der Waals surface area contributed by atoms with Gasteiger partial charge in [0, 0.05) is 38.5 Å². The molecule has 0 bridgehead atoms. The summed E-state index contributed by atoms with van der Waals surface area (Å²) in [5, 5.41) is 1.03. The van der Waals surface area contributed by atoms with E-state index in [2.05, 4.69) is 0 Å². The Morgan fingerprint density at radius 2 is 0.923 bits per heavy atom. The molecule has 0 aromatic carbocycles. The molecular formula is C16H20N2O8. The molecule has 2 heterocycles. The first kappa shape index (κ1) is 19.5. The minimum Gasteiger partial charge on any atom is -0.330 e. The molecule has 4 amide bonds. The molecule has 0 aromatic heterocycles. The number of unbranched alkanes of at least 4 members (excludes halogenated alkanes) is 3. The van der Waals surface area contributed by atoms with Crippen molar-refractivity contribution in [1.29, 1.82) is 0 Å². The summed E-state index contributed by atoms with van der Waals surface area (Å²) in [7, 11) is 0. The molecule has 0 saturated carbocycles. The summed E-state index contributed by atoms with van der Waals surface area (Å²) in [6.45, 7) is 0. The first-order valence-electron chi connectivity index (χ1n) is 8.51. The Morgan fingerprint density at radius 1 is 0.615 bits per heavy atom. The lowest BCUT2D eigenvalue weighted by atomic mass is 10.1. The second-order valence-electron chi connectivity index (χ2n) is 6.00. The van der Waals surface area contributed by atoms with Gasteiger partial charge in [-0.05, 0) is 12.8 Å². The van der Waals surface area contributed by atoms with Crippen LogP contribution in [0.2, 0.25) is 0 Å². The van der Waals surface area contributed by atoms with Crippen molar-refractivity contribution >= 4 is 35.6 Å². The van der Waals surface area contributed by atoms with Crippen LogP contribution in [0.3, 0.4) is 0 Å². The van der Waals surface area contributed by atoms with Crippen molar-refractivity contribution in [3.05, 3.63) is 0 Å². The lowest BCUT2D eigenvalue weighted by Crippen LogP contribution is -2.32. The number of imide groups is 2. The zero-order valence-electron chi connectivity index (χ0n) is 14.2. The molecule has 0 atom stereocenters. The van der Waals surface area contributed by atoms with Gasteiger partial charge in [0.25, 0.3) is 23.6 Å². The van der Waals surface area contributed by atoms with Crippen molar-refractivity contribution in [3.63, 3.8) is 0 Å². The number of amides is 4. The summed E-state index contributed by atoms with van der Waals surface area (Å²) >= 11 is 0. The van der Waals surface area contributed by atoms with Gasteiger partial charge < -0.3 is 9.68 Å². The van der Waals surface area contributed by atoms with E-state index < -0.39 is 35.6 Å². The van der Waals surface area contributed by atoms with Gasteiger partial charge in [0.2, 0.25) is 0 Å². The highest BCUT2D eigenvalue weighted by Gasteiger charge is 2.33. The highest BCUT2D eigenvalue weighted by atomic mass is 16.7. The maximum absolute atomic E-state index is 11.6. The summed E-state index contributed by atoms with van der Waals surface area (Å²) in [5.74, 6) is -3.37. The fraction of sp³-hybridized carbons (Fsp3) is 0.625. The maximum atomic E-state index is 11.6. The zero-order valence-corrected chi connectivity index (χ0v) is 14.2. The van der Waals surface area contributed by atoms with E-state index in [0.29, 0.717) is 35.8 Å². The van der Waals surface area contributed by atoms with Gasteiger partial charge in [0.1, 0.15) is 0 Å². The molecular weight excluding hydrogens is 348 g/mol. The summed E-state index contributed by atoms with van der Waals surface area (Å²) in [5.41, 5.74) is 0. The second-order valence-corrected chi connectivity index (χ2v) is 6.00. The molecule has 0 spiro atoms. The number of hydrogen-bond donors (Lipinski definition) is 0. The van der Waals surface area contributed by atoms with Gasteiger partial charge in [-0.1, -0.05) is 12.8 Å². The Balaban J connectivity index is 1.52. The van der Waals surface area contributed by atoms with E-state index in [0.717, 1.165) is 0 Å². The third kappa shape index (κ3) is 5.36. The van der Waals surface area contributed by atoms with Gasteiger partial charge in [-0.3, -0.25) is 19.2 Å². The van der Waals surface area contributed by atoms with Crippen LogP contribution in [-0.4, -0.2) is 45.7 Å². The van der Waals surface area contributed by atoms with Crippen molar-refractivity contribution < 1.29 is 38.4 Å². The molecule has 10 nitrogen and oxygen atoms in total. The monoisotopic (exact) mass is 368 g/mol. The van der Waals surface area contributed by atoms with E-state index in [1.165, 1.54) is 0 Å². The van der Waals surface area contributed by atoms with Crippen LogP contribution in [0, 0.1) is 0 Å². The molecule has 0 unspecified atom stereocenters. The lowest BCUT2D eigenvalue weighted by molar-refractivity contribution is -0.197. The van der Waals surface area contributed by atoms with E-state index in [1.807, 2.05) is 0 Å². The fourth-order valence-corrected chi connectivity index (χ4v) is 2.50. The lowest BCUT2D eigenvalue weighted by Gasteiger charge is -2.12. The molecule has 142 valence electrons. The van der Waals surface area contributed by atoms with Crippen molar-refractivity contribution in [2.24, 2.45) is 0 Å². The van der Waals surface area contributed by atoms with Gasteiger partial charge in [-0.15, -0.1) is 10.1 Å². The van der Waals surface area contributed by atoms with Crippen molar-refractivity contribution in [2.75, 3.05) is 0 Å². The van der Waals surface area contributed by atoms with Gasteiger partial charge in [0.15, 0.2) is 0 Å². The number of carbonyl (C=O) groups excluding carboxylic acids is 6. The van der Waals surface area contributed by atoms with E-state index >= 15 is 0 Å². The molecule has 2 fully saturated rings. The Labute approximate surface area is 149 Å². The number of hydrogen-bond acceptors (Lipinski definition) is 8. The molecule has 10 heteroatoms. The topological polar surface area (TPSA) is 127 Å². The van der Waals surface area contributed by atoms with Crippen molar-refractivity contribution in [3.8, 4) is 0 Å². The Bertz CT molecular complexity index is 544. The normalized spacial score (nSPS) is 17.2. The third-order valence-corrected chi connectivity index (χ3v) is 3.91. The van der Waals surface area contributed by atoms with Gasteiger partial charge in [0.05, 0.1) is 0 Å². The highest BCUT2D eigenvalue weighted by molar-refractivity contribution is 6.02. The van der Waals surface area contributed by atoms with Crippen LogP contribution < -0.4 is 0 Å².